The van der Waals surface area contributed by atoms with Gasteiger partial charge in [0.2, 0.25) is 0 Å². The van der Waals surface area contributed by atoms with Gasteiger partial charge in [-0.05, 0) is 44.4 Å². The lowest BCUT2D eigenvalue weighted by Crippen LogP contribution is -2.39. The first kappa shape index (κ1) is 15.8. The number of aromatic nitrogens is 3. The third-order valence-corrected chi connectivity index (χ3v) is 5.45. The van der Waals surface area contributed by atoms with Crippen molar-refractivity contribution in [1.29, 1.82) is 0 Å². The number of likely N-dealkylation sites (tertiary alicyclic amines) is 1. The summed E-state index contributed by atoms with van der Waals surface area (Å²) < 4.78 is 2.69. The molecule has 7 heteroatoms. The molecule has 2 aromatic rings. The van der Waals surface area contributed by atoms with E-state index < -0.39 is 0 Å². The summed E-state index contributed by atoms with van der Waals surface area (Å²) in [5, 5.41) is 12.0. The molecule has 2 unspecified atom stereocenters. The Kier molecular flexibility index (Phi) is 4.14. The van der Waals surface area contributed by atoms with Crippen molar-refractivity contribution in [2.75, 3.05) is 13.1 Å². The number of carbonyl (C=O) groups excluding carboxylic acids is 1. The van der Waals surface area contributed by atoms with E-state index in [4.69, 9.17) is 0 Å². The minimum Gasteiger partial charge on any atom is -0.336 e. The van der Waals surface area contributed by atoms with Crippen LogP contribution in [-0.2, 0) is 0 Å². The fourth-order valence-electron chi connectivity index (χ4n) is 3.66. The minimum atomic E-state index is -0.0110. The van der Waals surface area contributed by atoms with Gasteiger partial charge in [0, 0.05) is 29.6 Å². The fourth-order valence-corrected chi connectivity index (χ4v) is 4.04. The predicted molar refractivity (Wildman–Crippen MR) is 94.3 cm³/mol. The summed E-state index contributed by atoms with van der Waals surface area (Å²) in [7, 11) is 0. The van der Waals surface area contributed by atoms with Gasteiger partial charge in [0.25, 0.3) is 5.91 Å². The molecule has 0 aliphatic carbocycles. The maximum absolute atomic E-state index is 12.9. The molecule has 1 aromatic carbocycles. The van der Waals surface area contributed by atoms with Crippen molar-refractivity contribution < 1.29 is 4.79 Å². The van der Waals surface area contributed by atoms with Crippen LogP contribution in [0.4, 0.5) is 0 Å². The zero-order valence-electron chi connectivity index (χ0n) is 13.6. The maximum Gasteiger partial charge on any atom is 0.276 e. The van der Waals surface area contributed by atoms with Crippen LogP contribution in [0.3, 0.4) is 0 Å². The Labute approximate surface area is 149 Å². The highest BCUT2D eigenvalue weighted by Crippen LogP contribution is 2.23. The van der Waals surface area contributed by atoms with Crippen LogP contribution in [0.15, 0.2) is 28.7 Å². The smallest absolute Gasteiger partial charge is 0.276 e. The highest BCUT2D eigenvalue weighted by Gasteiger charge is 2.33. The number of hydrogen-bond donors (Lipinski definition) is 1. The summed E-state index contributed by atoms with van der Waals surface area (Å²) in [6, 6.07) is 8.80. The molecule has 2 aliphatic heterocycles. The van der Waals surface area contributed by atoms with Gasteiger partial charge in [-0.15, -0.1) is 5.10 Å². The standard InChI is InChI=1S/C17H20BrN5O/c1-11-16(20-21-23(11)15-4-2-3-12(18)9-15)17(24)22-8-7-13-5-6-14(10-22)19-13/h2-4,9,13-14,19H,5-8,10H2,1H3. The summed E-state index contributed by atoms with van der Waals surface area (Å²) in [5.74, 6) is -0.0110. The van der Waals surface area contributed by atoms with Crippen molar-refractivity contribution in [3.63, 3.8) is 0 Å². The zero-order chi connectivity index (χ0) is 16.7. The van der Waals surface area contributed by atoms with E-state index in [0.29, 0.717) is 17.8 Å². The second-order valence-electron chi connectivity index (χ2n) is 6.59. The average molecular weight is 390 g/mol. The second kappa shape index (κ2) is 6.29. The Hall–Kier alpha value is -1.73. The fraction of sp³-hybridized carbons (Fsp3) is 0.471. The first-order valence-corrected chi connectivity index (χ1v) is 9.14. The normalized spacial score (nSPS) is 23.3. The summed E-state index contributed by atoms with van der Waals surface area (Å²) in [6.45, 7) is 3.45. The van der Waals surface area contributed by atoms with Gasteiger partial charge in [-0.2, -0.15) is 0 Å². The van der Waals surface area contributed by atoms with Gasteiger partial charge in [0.05, 0.1) is 11.4 Å². The molecule has 2 fully saturated rings. The number of hydrogen-bond acceptors (Lipinski definition) is 4. The molecule has 1 N–H and O–H groups in total. The topological polar surface area (TPSA) is 63.1 Å². The molecule has 2 aliphatic rings. The van der Waals surface area contributed by atoms with Crippen LogP contribution in [0.2, 0.25) is 0 Å². The number of fused-ring (bicyclic) bond motifs is 2. The van der Waals surface area contributed by atoms with Gasteiger partial charge >= 0.3 is 0 Å². The van der Waals surface area contributed by atoms with Crippen LogP contribution in [0.1, 0.15) is 35.4 Å². The lowest BCUT2D eigenvalue weighted by atomic mass is 10.1. The average Bonchev–Trinajstić information content (AvgIpc) is 3.09. The highest BCUT2D eigenvalue weighted by molar-refractivity contribution is 9.10. The van der Waals surface area contributed by atoms with Gasteiger partial charge in [-0.25, -0.2) is 4.68 Å². The molecular weight excluding hydrogens is 370 g/mol. The van der Waals surface area contributed by atoms with E-state index in [1.807, 2.05) is 36.1 Å². The molecule has 6 nitrogen and oxygen atoms in total. The SMILES string of the molecule is Cc1c(C(=O)N2CCC3CCC(C2)N3)nnn1-c1cccc(Br)c1. The van der Waals surface area contributed by atoms with Crippen LogP contribution >= 0.6 is 15.9 Å². The van der Waals surface area contributed by atoms with E-state index in [-0.39, 0.29) is 5.91 Å². The van der Waals surface area contributed by atoms with Crippen molar-refractivity contribution in [2.45, 2.75) is 38.3 Å². The number of halogens is 1. The first-order chi connectivity index (χ1) is 11.6. The monoisotopic (exact) mass is 389 g/mol. The number of rotatable bonds is 2. The molecule has 2 bridgehead atoms. The zero-order valence-corrected chi connectivity index (χ0v) is 15.2. The van der Waals surface area contributed by atoms with Crippen LogP contribution in [0.5, 0.6) is 0 Å². The van der Waals surface area contributed by atoms with Crippen molar-refractivity contribution in [1.82, 2.24) is 25.2 Å². The minimum absolute atomic E-state index is 0.0110. The van der Waals surface area contributed by atoms with Gasteiger partial charge in [-0.1, -0.05) is 27.2 Å². The largest absolute Gasteiger partial charge is 0.336 e. The van der Waals surface area contributed by atoms with Gasteiger partial charge in [0.1, 0.15) is 0 Å². The third kappa shape index (κ3) is 2.86. The van der Waals surface area contributed by atoms with Gasteiger partial charge in [0.15, 0.2) is 5.69 Å². The number of nitrogens with zero attached hydrogens (tertiary/aromatic N) is 4. The van der Waals surface area contributed by atoms with Crippen LogP contribution < -0.4 is 5.32 Å². The highest BCUT2D eigenvalue weighted by atomic mass is 79.9. The molecular formula is C17H20BrN5O. The molecule has 1 aromatic heterocycles. The van der Waals surface area contributed by atoms with Gasteiger partial charge in [-0.3, -0.25) is 4.79 Å². The molecule has 2 saturated heterocycles. The molecule has 4 rings (SSSR count). The van der Waals surface area contributed by atoms with E-state index in [1.165, 1.54) is 6.42 Å². The summed E-state index contributed by atoms with van der Waals surface area (Å²) in [4.78, 5) is 14.9. The maximum atomic E-state index is 12.9. The Morgan fingerprint density at radius 2 is 2.12 bits per heavy atom. The summed E-state index contributed by atoms with van der Waals surface area (Å²) in [5.41, 5.74) is 2.12. The quantitative estimate of drug-likeness (QED) is 0.855. The molecule has 0 saturated carbocycles. The van der Waals surface area contributed by atoms with Crippen LogP contribution in [-0.4, -0.2) is 51.0 Å². The number of nitrogens with one attached hydrogen (secondary N) is 1. The van der Waals surface area contributed by atoms with Crippen LogP contribution in [0, 0.1) is 6.92 Å². The van der Waals surface area contributed by atoms with E-state index >= 15 is 0 Å². The molecule has 2 atom stereocenters. The summed E-state index contributed by atoms with van der Waals surface area (Å²) in [6.07, 6.45) is 3.39. The Morgan fingerprint density at radius 1 is 1.29 bits per heavy atom. The molecule has 1 amide bonds. The molecule has 0 radical (unpaired) electrons. The molecule has 3 heterocycles. The van der Waals surface area contributed by atoms with E-state index in [9.17, 15) is 4.79 Å². The Bertz CT molecular complexity index is 774. The number of benzene rings is 1. The Balaban J connectivity index is 1.59. The molecule has 126 valence electrons. The second-order valence-corrected chi connectivity index (χ2v) is 7.51. The van der Waals surface area contributed by atoms with Crippen molar-refractivity contribution in [2.24, 2.45) is 0 Å². The molecule has 0 spiro atoms. The van der Waals surface area contributed by atoms with E-state index in [0.717, 1.165) is 41.8 Å². The van der Waals surface area contributed by atoms with E-state index in [2.05, 4.69) is 31.6 Å². The Morgan fingerprint density at radius 3 is 2.96 bits per heavy atom. The van der Waals surface area contributed by atoms with Crippen LogP contribution in [0.25, 0.3) is 5.69 Å². The molecule has 24 heavy (non-hydrogen) atoms. The predicted octanol–water partition coefficient (Wildman–Crippen LogP) is 2.30. The number of amides is 1. The van der Waals surface area contributed by atoms with E-state index in [1.54, 1.807) is 4.68 Å². The van der Waals surface area contributed by atoms with Crippen molar-refractivity contribution in [3.05, 3.63) is 40.1 Å². The number of carbonyl (C=O) groups is 1. The van der Waals surface area contributed by atoms with Crippen molar-refractivity contribution >= 4 is 21.8 Å². The lowest BCUT2D eigenvalue weighted by Gasteiger charge is -2.23. The van der Waals surface area contributed by atoms with Gasteiger partial charge < -0.3 is 10.2 Å². The lowest BCUT2D eigenvalue weighted by molar-refractivity contribution is 0.0741. The first-order valence-electron chi connectivity index (χ1n) is 8.35. The van der Waals surface area contributed by atoms with Crippen molar-refractivity contribution in [3.8, 4) is 5.69 Å². The third-order valence-electron chi connectivity index (χ3n) is 4.96. The summed E-state index contributed by atoms with van der Waals surface area (Å²) >= 11 is 3.47.